The Balaban J connectivity index is 1.82. The van der Waals surface area contributed by atoms with E-state index in [0.717, 1.165) is 11.3 Å². The lowest BCUT2D eigenvalue weighted by atomic mass is 9.95. The number of carbonyl (C=O) groups is 2. The average Bonchev–Trinajstić information content (AvgIpc) is 3.06. The number of halogens is 1. The van der Waals surface area contributed by atoms with Gasteiger partial charge in [0.15, 0.2) is 0 Å². The lowest BCUT2D eigenvalue weighted by molar-refractivity contribution is -0.123. The molecule has 0 radical (unpaired) electrons. The topological polar surface area (TPSA) is 104 Å². The van der Waals surface area contributed by atoms with Crippen LogP contribution in [0.1, 0.15) is 31.1 Å². The van der Waals surface area contributed by atoms with Crippen molar-refractivity contribution in [3.63, 3.8) is 0 Å². The van der Waals surface area contributed by atoms with E-state index in [1.807, 2.05) is 20.8 Å². The van der Waals surface area contributed by atoms with Gasteiger partial charge in [-0.2, -0.15) is 0 Å². The Kier molecular flexibility index (Phi) is 7.22. The molecule has 0 fully saturated rings. The monoisotopic (exact) mass is 443 g/mol. The van der Waals surface area contributed by atoms with Gasteiger partial charge >= 0.3 is 0 Å². The van der Waals surface area contributed by atoms with Crippen molar-refractivity contribution >= 4 is 50.5 Å². The lowest BCUT2D eigenvalue weighted by Crippen LogP contribution is -2.34. The third kappa shape index (κ3) is 6.30. The van der Waals surface area contributed by atoms with Crippen LogP contribution in [0.5, 0.6) is 0 Å². The van der Waals surface area contributed by atoms with Crippen LogP contribution in [0.15, 0.2) is 40.6 Å². The van der Waals surface area contributed by atoms with Crippen LogP contribution in [0.3, 0.4) is 0 Å². The number of benzene rings is 1. The molecule has 2 aromatic rings. The highest BCUT2D eigenvalue weighted by molar-refractivity contribution is 7.91. The molecule has 7 nitrogen and oxygen atoms in total. The molecule has 2 amide bonds. The number of carbonyl (C=O) groups excluding carboxylic acids is 2. The van der Waals surface area contributed by atoms with Gasteiger partial charge in [0, 0.05) is 29.8 Å². The van der Waals surface area contributed by atoms with Gasteiger partial charge < -0.3 is 10.6 Å². The van der Waals surface area contributed by atoms with E-state index in [1.54, 1.807) is 24.3 Å². The predicted molar refractivity (Wildman–Crippen MR) is 111 cm³/mol. The van der Waals surface area contributed by atoms with Gasteiger partial charge in [-0.3, -0.25) is 9.59 Å². The second-order valence-electron chi connectivity index (χ2n) is 6.99. The second kappa shape index (κ2) is 9.04. The van der Waals surface area contributed by atoms with Crippen molar-refractivity contribution in [1.29, 1.82) is 0 Å². The van der Waals surface area contributed by atoms with Crippen molar-refractivity contribution in [3.8, 4) is 0 Å². The van der Waals surface area contributed by atoms with Gasteiger partial charge in [-0.1, -0.05) is 32.4 Å². The van der Waals surface area contributed by atoms with Crippen LogP contribution in [0.25, 0.3) is 0 Å². The fourth-order valence-electron chi connectivity index (χ4n) is 2.00. The van der Waals surface area contributed by atoms with Crippen molar-refractivity contribution in [2.45, 2.75) is 25.0 Å². The molecule has 1 aromatic carbocycles. The molecule has 1 aromatic heterocycles. The van der Waals surface area contributed by atoms with Crippen molar-refractivity contribution < 1.29 is 18.0 Å². The minimum absolute atomic E-state index is 0.0450. The lowest BCUT2D eigenvalue weighted by Gasteiger charge is -2.17. The summed E-state index contributed by atoms with van der Waals surface area (Å²) in [5.41, 5.74) is 0.484. The molecule has 3 N–H and O–H groups in total. The molecule has 0 unspecified atom stereocenters. The number of sulfonamides is 1. The van der Waals surface area contributed by atoms with Crippen molar-refractivity contribution in [3.05, 3.63) is 46.3 Å². The molecule has 0 saturated carbocycles. The first kappa shape index (κ1) is 22.4. The molecule has 10 heteroatoms. The quantitative estimate of drug-likeness (QED) is 0.572. The van der Waals surface area contributed by atoms with Crippen molar-refractivity contribution in [1.82, 2.24) is 10.0 Å². The van der Waals surface area contributed by atoms with Crippen LogP contribution >= 0.6 is 22.9 Å². The van der Waals surface area contributed by atoms with E-state index >= 15 is 0 Å². The number of anilines is 1. The van der Waals surface area contributed by atoms with E-state index < -0.39 is 15.4 Å². The van der Waals surface area contributed by atoms with Gasteiger partial charge in [-0.05, 0) is 36.4 Å². The molecule has 0 aliphatic heterocycles. The van der Waals surface area contributed by atoms with Gasteiger partial charge in [0.05, 0.1) is 4.34 Å². The van der Waals surface area contributed by atoms with Crippen LogP contribution in [0, 0.1) is 5.41 Å². The Labute approximate surface area is 173 Å². The zero-order valence-electron chi connectivity index (χ0n) is 15.7. The Morgan fingerprint density at radius 2 is 1.68 bits per heavy atom. The average molecular weight is 444 g/mol. The maximum absolute atomic E-state index is 12.1. The third-order valence-electron chi connectivity index (χ3n) is 3.60. The minimum Gasteiger partial charge on any atom is -0.351 e. The molecule has 0 saturated heterocycles. The number of hydrogen-bond donors (Lipinski definition) is 3. The van der Waals surface area contributed by atoms with E-state index in [9.17, 15) is 18.0 Å². The Bertz CT molecular complexity index is 948. The molecular weight excluding hydrogens is 422 g/mol. The molecule has 0 bridgehead atoms. The molecule has 0 atom stereocenters. The van der Waals surface area contributed by atoms with Crippen molar-refractivity contribution in [2.24, 2.45) is 5.41 Å². The SMILES string of the molecule is CC(C)(C)C(=O)Nc1ccc(C(=O)NCCNS(=O)(=O)c2ccc(Cl)s2)cc1. The number of nitrogens with one attached hydrogen (secondary N) is 3. The zero-order chi connectivity index (χ0) is 20.9. The summed E-state index contributed by atoms with van der Waals surface area (Å²) >= 11 is 6.70. The first-order chi connectivity index (χ1) is 13.0. The molecule has 0 spiro atoms. The van der Waals surface area contributed by atoms with E-state index in [2.05, 4.69) is 15.4 Å². The first-order valence-corrected chi connectivity index (χ1v) is 11.1. The Morgan fingerprint density at radius 1 is 1.04 bits per heavy atom. The summed E-state index contributed by atoms with van der Waals surface area (Å²) in [6.45, 7) is 5.60. The summed E-state index contributed by atoms with van der Waals surface area (Å²) in [5, 5.41) is 5.42. The normalized spacial score (nSPS) is 11.9. The second-order valence-corrected chi connectivity index (χ2v) is 10.7. The largest absolute Gasteiger partial charge is 0.351 e. The maximum atomic E-state index is 12.1. The van der Waals surface area contributed by atoms with Crippen LogP contribution in [-0.2, 0) is 14.8 Å². The van der Waals surface area contributed by atoms with E-state index in [0.29, 0.717) is 15.6 Å². The molecular formula is C18H22ClN3O4S2. The summed E-state index contributed by atoms with van der Waals surface area (Å²) in [6, 6.07) is 9.39. The van der Waals surface area contributed by atoms with E-state index in [1.165, 1.54) is 12.1 Å². The fourth-order valence-corrected chi connectivity index (χ4v) is 4.56. The fraction of sp³-hybridized carbons (Fsp3) is 0.333. The zero-order valence-corrected chi connectivity index (χ0v) is 18.1. The molecule has 28 heavy (non-hydrogen) atoms. The molecule has 0 aliphatic rings. The summed E-state index contributed by atoms with van der Waals surface area (Å²) in [6.07, 6.45) is 0. The maximum Gasteiger partial charge on any atom is 0.251 e. The highest BCUT2D eigenvalue weighted by Crippen LogP contribution is 2.25. The van der Waals surface area contributed by atoms with Crippen LogP contribution in [0.2, 0.25) is 4.34 Å². The minimum atomic E-state index is -3.64. The van der Waals surface area contributed by atoms with Gasteiger partial charge in [-0.25, -0.2) is 13.1 Å². The highest BCUT2D eigenvalue weighted by Gasteiger charge is 2.21. The number of rotatable bonds is 7. The number of hydrogen-bond acceptors (Lipinski definition) is 5. The van der Waals surface area contributed by atoms with Crippen LogP contribution in [-0.4, -0.2) is 33.3 Å². The standard InChI is InChI=1S/C18H22ClN3O4S2/c1-18(2,3)17(24)22-13-6-4-12(5-7-13)16(23)20-10-11-21-28(25,26)15-9-8-14(19)27-15/h4-9,21H,10-11H2,1-3H3,(H,20,23)(H,22,24). The van der Waals surface area contributed by atoms with Gasteiger partial charge in [0.2, 0.25) is 15.9 Å². The number of amides is 2. The predicted octanol–water partition coefficient (Wildman–Crippen LogP) is 3.09. The molecule has 0 aliphatic carbocycles. The van der Waals surface area contributed by atoms with Crippen molar-refractivity contribution in [2.75, 3.05) is 18.4 Å². The summed E-state index contributed by atoms with van der Waals surface area (Å²) in [4.78, 5) is 24.1. The highest BCUT2D eigenvalue weighted by atomic mass is 35.5. The summed E-state index contributed by atoms with van der Waals surface area (Å²) < 4.78 is 27.0. The summed E-state index contributed by atoms with van der Waals surface area (Å²) in [5.74, 6) is -0.462. The van der Waals surface area contributed by atoms with Gasteiger partial charge in [0.25, 0.3) is 5.91 Å². The Morgan fingerprint density at radius 3 is 2.21 bits per heavy atom. The molecule has 1 heterocycles. The smallest absolute Gasteiger partial charge is 0.251 e. The number of thiophene rings is 1. The van der Waals surface area contributed by atoms with Crippen LogP contribution < -0.4 is 15.4 Å². The molecule has 152 valence electrons. The molecule has 2 rings (SSSR count). The third-order valence-corrected chi connectivity index (χ3v) is 6.79. The Hall–Kier alpha value is -1.94. The van der Waals surface area contributed by atoms with Gasteiger partial charge in [-0.15, -0.1) is 11.3 Å². The van der Waals surface area contributed by atoms with E-state index in [4.69, 9.17) is 11.6 Å². The first-order valence-electron chi connectivity index (χ1n) is 8.44. The van der Waals surface area contributed by atoms with E-state index in [-0.39, 0.29) is 29.1 Å². The van der Waals surface area contributed by atoms with Gasteiger partial charge in [0.1, 0.15) is 4.21 Å². The van der Waals surface area contributed by atoms with Crippen LogP contribution in [0.4, 0.5) is 5.69 Å². The summed E-state index contributed by atoms with van der Waals surface area (Å²) in [7, 11) is -3.64.